The van der Waals surface area contributed by atoms with Gasteiger partial charge in [-0.1, -0.05) is 19.1 Å². The maximum Gasteiger partial charge on any atom is 0.0942 e. The molecule has 0 aliphatic carbocycles. The first-order chi connectivity index (χ1) is 4.84. The van der Waals surface area contributed by atoms with Crippen LogP contribution in [0.5, 0.6) is 0 Å². The molecule has 0 spiro atoms. The zero-order valence-electron chi connectivity index (χ0n) is 6.58. The van der Waals surface area contributed by atoms with Crippen LogP contribution in [0, 0.1) is 11.8 Å². The van der Waals surface area contributed by atoms with Crippen LogP contribution in [0.15, 0.2) is 24.5 Å². The van der Waals surface area contributed by atoms with Gasteiger partial charge in [-0.2, -0.15) is 0 Å². The van der Waals surface area contributed by atoms with E-state index in [1.807, 2.05) is 0 Å². The third kappa shape index (κ3) is 1.63. The molecule has 0 saturated heterocycles. The summed E-state index contributed by atoms with van der Waals surface area (Å²) in [6.07, 6.45) is 8.23. The fourth-order valence-electron chi connectivity index (χ4n) is 1.15. The van der Waals surface area contributed by atoms with Crippen molar-refractivity contribution in [2.45, 2.75) is 13.8 Å². The van der Waals surface area contributed by atoms with Crippen molar-refractivity contribution in [2.75, 3.05) is 6.61 Å². The SMILES string of the molecule is C/C=C\C(C)C1C=COC1. The Kier molecular flexibility index (Phi) is 2.55. The van der Waals surface area contributed by atoms with Crippen LogP contribution in [0.1, 0.15) is 13.8 Å². The maximum absolute atomic E-state index is 5.11. The number of hydrogen-bond acceptors (Lipinski definition) is 1. The Morgan fingerprint density at radius 3 is 3.00 bits per heavy atom. The molecular weight excluding hydrogens is 124 g/mol. The maximum atomic E-state index is 5.11. The molecule has 1 nitrogen and oxygen atoms in total. The highest BCUT2D eigenvalue weighted by Gasteiger charge is 2.15. The van der Waals surface area contributed by atoms with E-state index in [-0.39, 0.29) is 0 Å². The fraction of sp³-hybridized carbons (Fsp3) is 0.556. The van der Waals surface area contributed by atoms with Crippen molar-refractivity contribution < 1.29 is 4.74 Å². The second kappa shape index (κ2) is 3.45. The van der Waals surface area contributed by atoms with Gasteiger partial charge in [0.25, 0.3) is 0 Å². The van der Waals surface area contributed by atoms with Crippen LogP contribution in [0.4, 0.5) is 0 Å². The second-order valence-corrected chi connectivity index (χ2v) is 2.71. The van der Waals surface area contributed by atoms with Crippen LogP contribution < -0.4 is 0 Å². The monoisotopic (exact) mass is 138 g/mol. The minimum Gasteiger partial charge on any atom is -0.501 e. The number of hydrogen-bond donors (Lipinski definition) is 0. The second-order valence-electron chi connectivity index (χ2n) is 2.71. The van der Waals surface area contributed by atoms with Gasteiger partial charge >= 0.3 is 0 Å². The average Bonchev–Trinajstić information content (AvgIpc) is 2.38. The van der Waals surface area contributed by atoms with Gasteiger partial charge in [0.2, 0.25) is 0 Å². The third-order valence-corrected chi connectivity index (χ3v) is 1.88. The molecule has 0 amide bonds. The summed E-state index contributed by atoms with van der Waals surface area (Å²) in [6, 6.07) is 0. The van der Waals surface area contributed by atoms with E-state index < -0.39 is 0 Å². The lowest BCUT2D eigenvalue weighted by atomic mass is 9.95. The van der Waals surface area contributed by atoms with Crippen LogP contribution in [0.25, 0.3) is 0 Å². The van der Waals surface area contributed by atoms with E-state index in [9.17, 15) is 0 Å². The van der Waals surface area contributed by atoms with Crippen molar-refractivity contribution >= 4 is 0 Å². The van der Waals surface area contributed by atoms with Gasteiger partial charge in [-0.05, 0) is 18.9 Å². The molecule has 1 heteroatoms. The molecule has 1 rings (SSSR count). The van der Waals surface area contributed by atoms with Gasteiger partial charge in [-0.25, -0.2) is 0 Å². The molecule has 1 aliphatic heterocycles. The predicted octanol–water partition coefficient (Wildman–Crippen LogP) is 2.36. The first kappa shape index (κ1) is 7.39. The first-order valence-electron chi connectivity index (χ1n) is 3.75. The van der Waals surface area contributed by atoms with Crippen molar-refractivity contribution in [3.8, 4) is 0 Å². The summed E-state index contributed by atoms with van der Waals surface area (Å²) >= 11 is 0. The highest BCUT2D eigenvalue weighted by atomic mass is 16.5. The quantitative estimate of drug-likeness (QED) is 0.532. The lowest BCUT2D eigenvalue weighted by Gasteiger charge is -2.10. The summed E-state index contributed by atoms with van der Waals surface area (Å²) < 4.78 is 5.11. The Labute approximate surface area is 62.4 Å². The predicted molar refractivity (Wildman–Crippen MR) is 42.6 cm³/mol. The van der Waals surface area contributed by atoms with Crippen LogP contribution in [-0.2, 0) is 4.74 Å². The number of rotatable bonds is 2. The van der Waals surface area contributed by atoms with Gasteiger partial charge in [-0.15, -0.1) is 0 Å². The minimum atomic E-state index is 0.594. The number of ether oxygens (including phenoxy) is 1. The Bertz CT molecular complexity index is 147. The van der Waals surface area contributed by atoms with E-state index in [0.717, 1.165) is 6.61 Å². The molecule has 1 aliphatic rings. The average molecular weight is 138 g/mol. The molecular formula is C9H14O. The molecule has 2 unspecified atom stereocenters. The van der Waals surface area contributed by atoms with Crippen molar-refractivity contribution in [3.63, 3.8) is 0 Å². The molecule has 0 aromatic heterocycles. The van der Waals surface area contributed by atoms with Gasteiger partial charge < -0.3 is 4.74 Å². The Hall–Kier alpha value is -0.720. The largest absolute Gasteiger partial charge is 0.501 e. The van der Waals surface area contributed by atoms with Crippen molar-refractivity contribution in [1.29, 1.82) is 0 Å². The molecule has 1 heterocycles. The molecule has 0 bridgehead atoms. The molecule has 2 atom stereocenters. The van der Waals surface area contributed by atoms with Crippen LogP contribution >= 0.6 is 0 Å². The van der Waals surface area contributed by atoms with Crippen molar-refractivity contribution in [2.24, 2.45) is 11.8 Å². The smallest absolute Gasteiger partial charge is 0.0942 e. The molecule has 0 saturated carbocycles. The molecule has 56 valence electrons. The van der Waals surface area contributed by atoms with Gasteiger partial charge in [0.1, 0.15) is 0 Å². The Balaban J connectivity index is 2.40. The fourth-order valence-corrected chi connectivity index (χ4v) is 1.15. The van der Waals surface area contributed by atoms with E-state index in [4.69, 9.17) is 4.74 Å². The molecule has 10 heavy (non-hydrogen) atoms. The van der Waals surface area contributed by atoms with Crippen molar-refractivity contribution in [3.05, 3.63) is 24.5 Å². The van der Waals surface area contributed by atoms with E-state index >= 15 is 0 Å². The van der Waals surface area contributed by atoms with Gasteiger partial charge in [0, 0.05) is 5.92 Å². The van der Waals surface area contributed by atoms with E-state index in [1.54, 1.807) is 6.26 Å². The van der Waals surface area contributed by atoms with Crippen LogP contribution in [0.2, 0.25) is 0 Å². The Morgan fingerprint density at radius 2 is 2.50 bits per heavy atom. The lowest BCUT2D eigenvalue weighted by Crippen LogP contribution is -2.07. The van der Waals surface area contributed by atoms with Crippen molar-refractivity contribution in [1.82, 2.24) is 0 Å². The standard InChI is InChI=1S/C9H14O/c1-3-4-8(2)9-5-6-10-7-9/h3-6,8-9H,7H2,1-2H3/b4-3-. The molecule has 0 fully saturated rings. The minimum absolute atomic E-state index is 0.594. The van der Waals surface area contributed by atoms with Gasteiger partial charge in [0.05, 0.1) is 12.9 Å². The van der Waals surface area contributed by atoms with E-state index in [2.05, 4.69) is 32.1 Å². The summed E-state index contributed by atoms with van der Waals surface area (Å²) in [7, 11) is 0. The molecule has 0 aromatic rings. The zero-order valence-corrected chi connectivity index (χ0v) is 6.58. The summed E-state index contributed by atoms with van der Waals surface area (Å²) in [5, 5.41) is 0. The zero-order chi connectivity index (χ0) is 7.40. The normalized spacial score (nSPS) is 27.2. The van der Waals surface area contributed by atoms with Gasteiger partial charge in [0.15, 0.2) is 0 Å². The van der Waals surface area contributed by atoms with E-state index in [0.29, 0.717) is 11.8 Å². The third-order valence-electron chi connectivity index (χ3n) is 1.88. The Morgan fingerprint density at radius 1 is 1.70 bits per heavy atom. The van der Waals surface area contributed by atoms with Crippen LogP contribution in [0.3, 0.4) is 0 Å². The summed E-state index contributed by atoms with van der Waals surface area (Å²) in [5.41, 5.74) is 0. The highest BCUT2D eigenvalue weighted by Crippen LogP contribution is 2.19. The summed E-state index contributed by atoms with van der Waals surface area (Å²) in [6.45, 7) is 5.12. The lowest BCUT2D eigenvalue weighted by molar-refractivity contribution is 0.233. The molecule has 0 radical (unpaired) electrons. The molecule has 0 aromatic carbocycles. The topological polar surface area (TPSA) is 9.23 Å². The van der Waals surface area contributed by atoms with E-state index in [1.165, 1.54) is 0 Å². The van der Waals surface area contributed by atoms with Gasteiger partial charge in [-0.3, -0.25) is 0 Å². The van der Waals surface area contributed by atoms with Crippen LogP contribution in [-0.4, -0.2) is 6.61 Å². The highest BCUT2D eigenvalue weighted by molar-refractivity contribution is 4.98. The summed E-state index contributed by atoms with van der Waals surface area (Å²) in [5.74, 6) is 1.21. The molecule has 0 N–H and O–H groups in total. The first-order valence-corrected chi connectivity index (χ1v) is 3.75. The summed E-state index contributed by atoms with van der Waals surface area (Å²) in [4.78, 5) is 0. The number of allylic oxidation sites excluding steroid dienone is 2.